The van der Waals surface area contributed by atoms with E-state index in [9.17, 15) is 9.59 Å². The molecule has 0 aliphatic carbocycles. The summed E-state index contributed by atoms with van der Waals surface area (Å²) in [4.78, 5) is 25.8. The maximum Gasteiger partial charge on any atom is 0.328 e. The second kappa shape index (κ2) is 11.3. The number of aliphatic carboxylic acids is 1. The molecule has 0 saturated carbocycles. The van der Waals surface area contributed by atoms with Crippen molar-refractivity contribution in [3.63, 3.8) is 0 Å². The van der Waals surface area contributed by atoms with Crippen LogP contribution in [0.15, 0.2) is 97.6 Å². The number of carboxylic acids is 1. The Balaban J connectivity index is 2.33. The quantitative estimate of drug-likeness (QED) is 0.495. The average Bonchev–Trinajstić information content (AvgIpc) is 2.71. The van der Waals surface area contributed by atoms with Gasteiger partial charge in [-0.1, -0.05) is 91.5 Å². The van der Waals surface area contributed by atoms with E-state index in [1.165, 1.54) is 0 Å². The van der Waals surface area contributed by atoms with Crippen molar-refractivity contribution in [3.8, 4) is 0 Å². The first-order valence-corrected chi connectivity index (χ1v) is 9.16. The van der Waals surface area contributed by atoms with Crippen molar-refractivity contribution in [3.05, 3.63) is 109 Å². The van der Waals surface area contributed by atoms with E-state index in [0.29, 0.717) is 13.0 Å². The molecule has 0 fully saturated rings. The first-order valence-electron chi connectivity index (χ1n) is 9.16. The number of allylic oxidation sites excluding steroid dienone is 2. The van der Waals surface area contributed by atoms with Crippen LogP contribution in [-0.4, -0.2) is 27.9 Å². The zero-order chi connectivity index (χ0) is 20.2. The van der Waals surface area contributed by atoms with Gasteiger partial charge in [0.25, 0.3) is 0 Å². The van der Waals surface area contributed by atoms with Gasteiger partial charge in [-0.2, -0.15) is 0 Å². The fraction of sp³-hybridized carbons (Fsp3) is 0.167. The van der Waals surface area contributed by atoms with E-state index >= 15 is 0 Å². The smallest absolute Gasteiger partial charge is 0.328 e. The molecule has 2 rings (SSSR count). The molecule has 28 heavy (non-hydrogen) atoms. The summed E-state index contributed by atoms with van der Waals surface area (Å²) in [6, 6.07) is 19.1. The third kappa shape index (κ3) is 7.08. The van der Waals surface area contributed by atoms with E-state index in [2.05, 4.69) is 6.58 Å². The monoisotopic (exact) mass is 375 g/mol. The van der Waals surface area contributed by atoms with Crippen molar-refractivity contribution >= 4 is 11.9 Å². The lowest BCUT2D eigenvalue weighted by molar-refractivity contribution is -0.133. The zero-order valence-corrected chi connectivity index (χ0v) is 15.8. The maximum atomic E-state index is 13.0. The van der Waals surface area contributed by atoms with E-state index in [1.54, 1.807) is 29.2 Å². The summed E-state index contributed by atoms with van der Waals surface area (Å²) >= 11 is 0. The summed E-state index contributed by atoms with van der Waals surface area (Å²) in [6.07, 6.45) is 8.58. The van der Waals surface area contributed by atoms with Gasteiger partial charge in [0.05, 0.1) is 6.04 Å². The number of carbonyl (C=O) groups excluding carboxylic acids is 1. The second-order valence-corrected chi connectivity index (χ2v) is 6.33. The molecule has 0 heterocycles. The molecule has 0 unspecified atom stereocenters. The van der Waals surface area contributed by atoms with Gasteiger partial charge in [0.15, 0.2) is 0 Å². The van der Waals surface area contributed by atoms with Crippen molar-refractivity contribution in [2.75, 3.05) is 0 Å². The van der Waals surface area contributed by atoms with Crippen LogP contribution in [0.1, 0.15) is 17.5 Å². The number of benzene rings is 2. The van der Waals surface area contributed by atoms with Gasteiger partial charge in [0.2, 0.25) is 5.91 Å². The molecule has 144 valence electrons. The number of hydrogen-bond donors (Lipinski definition) is 1. The molecule has 2 aromatic carbocycles. The average molecular weight is 375 g/mol. The predicted octanol–water partition coefficient (Wildman–Crippen LogP) is 4.40. The van der Waals surface area contributed by atoms with Crippen LogP contribution < -0.4 is 0 Å². The standard InChI is InChI=1S/C24H25NO3/c1-2-3-6-15-23(26)25(19-21-13-9-5-10-14-21)22(16-17-24(27)28)18-20-11-7-4-8-12-20/h2-14,16-17,22H,1,15,18-19H2,(H,27,28)/b6-3?,17-16+/t22-/m1/s1. The molecule has 0 radical (unpaired) electrons. The normalized spacial score (nSPS) is 12.1. The van der Waals surface area contributed by atoms with Crippen LogP contribution in [-0.2, 0) is 22.6 Å². The van der Waals surface area contributed by atoms with Gasteiger partial charge in [-0.25, -0.2) is 4.79 Å². The Morgan fingerprint density at radius 1 is 1.00 bits per heavy atom. The van der Waals surface area contributed by atoms with Gasteiger partial charge in [0, 0.05) is 19.0 Å². The molecule has 0 saturated heterocycles. The highest BCUT2D eigenvalue weighted by Crippen LogP contribution is 2.16. The molecule has 0 bridgehead atoms. The fourth-order valence-corrected chi connectivity index (χ4v) is 2.88. The first-order chi connectivity index (χ1) is 13.6. The molecule has 4 nitrogen and oxygen atoms in total. The Morgan fingerprint density at radius 3 is 2.18 bits per heavy atom. The van der Waals surface area contributed by atoms with Crippen molar-refractivity contribution in [1.29, 1.82) is 0 Å². The van der Waals surface area contributed by atoms with Gasteiger partial charge >= 0.3 is 5.97 Å². The minimum Gasteiger partial charge on any atom is -0.478 e. The van der Waals surface area contributed by atoms with Gasteiger partial charge in [-0.05, 0) is 17.5 Å². The van der Waals surface area contributed by atoms with Gasteiger partial charge in [-0.3, -0.25) is 4.79 Å². The number of amides is 1. The summed E-state index contributed by atoms with van der Waals surface area (Å²) < 4.78 is 0. The number of carbonyl (C=O) groups is 2. The Morgan fingerprint density at radius 2 is 1.61 bits per heavy atom. The van der Waals surface area contributed by atoms with Crippen LogP contribution in [0.5, 0.6) is 0 Å². The summed E-state index contributed by atoms with van der Waals surface area (Å²) in [6.45, 7) is 4.03. The maximum absolute atomic E-state index is 13.0. The molecule has 2 aromatic rings. The topological polar surface area (TPSA) is 57.6 Å². The molecule has 0 aromatic heterocycles. The molecule has 0 aliphatic heterocycles. The number of rotatable bonds is 10. The van der Waals surface area contributed by atoms with E-state index in [0.717, 1.165) is 17.2 Å². The minimum absolute atomic E-state index is 0.0714. The summed E-state index contributed by atoms with van der Waals surface area (Å²) in [5.41, 5.74) is 2.03. The van der Waals surface area contributed by atoms with Crippen LogP contribution >= 0.6 is 0 Å². The summed E-state index contributed by atoms with van der Waals surface area (Å²) in [7, 11) is 0. The van der Waals surface area contributed by atoms with Crippen molar-refractivity contribution < 1.29 is 14.7 Å². The van der Waals surface area contributed by atoms with Crippen molar-refractivity contribution in [1.82, 2.24) is 4.90 Å². The SMILES string of the molecule is C=CC=CCC(=O)N(Cc1ccccc1)[C@H](/C=C/C(=O)O)Cc1ccccc1. The number of carboxylic acid groups (broad SMARTS) is 1. The van der Waals surface area contributed by atoms with Gasteiger partial charge < -0.3 is 10.0 Å². The third-order valence-corrected chi connectivity index (χ3v) is 4.23. The van der Waals surface area contributed by atoms with Gasteiger partial charge in [-0.15, -0.1) is 0 Å². The molecular formula is C24H25NO3. The van der Waals surface area contributed by atoms with Crippen molar-refractivity contribution in [2.45, 2.75) is 25.4 Å². The third-order valence-electron chi connectivity index (χ3n) is 4.23. The summed E-state index contributed by atoms with van der Waals surface area (Å²) in [5.74, 6) is -1.10. The van der Waals surface area contributed by atoms with Crippen molar-refractivity contribution in [2.24, 2.45) is 0 Å². The van der Waals surface area contributed by atoms with Crippen LogP contribution in [0, 0.1) is 0 Å². The van der Waals surface area contributed by atoms with E-state index in [1.807, 2.05) is 60.7 Å². The molecule has 0 aliphatic rings. The highest BCUT2D eigenvalue weighted by atomic mass is 16.4. The van der Waals surface area contributed by atoms with Crippen LogP contribution in [0.25, 0.3) is 0 Å². The Hall–Kier alpha value is -3.40. The van der Waals surface area contributed by atoms with E-state index in [4.69, 9.17) is 5.11 Å². The zero-order valence-electron chi connectivity index (χ0n) is 15.8. The second-order valence-electron chi connectivity index (χ2n) is 6.33. The molecule has 1 amide bonds. The minimum atomic E-state index is -1.03. The lowest BCUT2D eigenvalue weighted by Crippen LogP contribution is -2.40. The highest BCUT2D eigenvalue weighted by Gasteiger charge is 2.22. The Labute approximate surface area is 166 Å². The van der Waals surface area contributed by atoms with Crippen LogP contribution in [0.3, 0.4) is 0 Å². The summed E-state index contributed by atoms with van der Waals surface area (Å²) in [5, 5.41) is 9.10. The molecular weight excluding hydrogens is 350 g/mol. The van der Waals surface area contributed by atoms with E-state index < -0.39 is 5.97 Å². The lowest BCUT2D eigenvalue weighted by Gasteiger charge is -2.30. The van der Waals surface area contributed by atoms with E-state index in [-0.39, 0.29) is 18.4 Å². The first kappa shape index (κ1) is 20.9. The Bertz CT molecular complexity index is 825. The highest BCUT2D eigenvalue weighted by molar-refractivity contribution is 5.81. The number of hydrogen-bond acceptors (Lipinski definition) is 2. The molecule has 4 heteroatoms. The fourth-order valence-electron chi connectivity index (χ4n) is 2.88. The molecule has 1 N–H and O–H groups in total. The van der Waals surface area contributed by atoms with Crippen LogP contribution in [0.4, 0.5) is 0 Å². The largest absolute Gasteiger partial charge is 0.478 e. The van der Waals surface area contributed by atoms with Crippen LogP contribution in [0.2, 0.25) is 0 Å². The predicted molar refractivity (Wildman–Crippen MR) is 112 cm³/mol. The Kier molecular flexibility index (Phi) is 8.47. The lowest BCUT2D eigenvalue weighted by atomic mass is 10.0. The van der Waals surface area contributed by atoms with Gasteiger partial charge in [0.1, 0.15) is 0 Å². The molecule has 1 atom stereocenters. The molecule has 0 spiro atoms. The number of nitrogens with zero attached hydrogens (tertiary/aromatic N) is 1.